The summed E-state index contributed by atoms with van der Waals surface area (Å²) in [5, 5.41) is 0. The molecule has 0 bridgehead atoms. The number of hydrogen-bond donors (Lipinski definition) is 0. The molecule has 0 unspecified atom stereocenters. The van der Waals surface area contributed by atoms with E-state index in [1.807, 2.05) is 48.7 Å². The van der Waals surface area contributed by atoms with Gasteiger partial charge in [0.05, 0.1) is 13.4 Å². The van der Waals surface area contributed by atoms with E-state index in [4.69, 9.17) is 9.15 Å². The molecule has 94 valence electrons. The average molecular weight is 251 g/mol. The third-order valence-electron chi connectivity index (χ3n) is 2.97. The molecular weight excluding hydrogens is 238 g/mol. The largest absolute Gasteiger partial charge is 0.497 e. The topological polar surface area (TPSA) is 35.3 Å². The highest BCUT2D eigenvalue weighted by molar-refractivity contribution is 5.69. The maximum atomic E-state index is 5.61. The van der Waals surface area contributed by atoms with Crippen LogP contribution in [0, 0.1) is 0 Å². The van der Waals surface area contributed by atoms with E-state index in [1.54, 1.807) is 19.6 Å². The molecule has 3 aromatic rings. The lowest BCUT2D eigenvalue weighted by molar-refractivity contribution is 0.415. The summed E-state index contributed by atoms with van der Waals surface area (Å²) in [4.78, 5) is 4.11. The van der Waals surface area contributed by atoms with Gasteiger partial charge in [-0.05, 0) is 36.4 Å². The highest BCUT2D eigenvalue weighted by atomic mass is 16.5. The number of rotatable bonds is 3. The SMILES string of the molecule is COc1ccc(-c2cc(-c3cccnc3)co2)cc1. The Morgan fingerprint density at radius 3 is 2.53 bits per heavy atom. The van der Waals surface area contributed by atoms with Crippen molar-refractivity contribution in [2.24, 2.45) is 0 Å². The highest BCUT2D eigenvalue weighted by Gasteiger charge is 2.06. The minimum Gasteiger partial charge on any atom is -0.497 e. The van der Waals surface area contributed by atoms with E-state index in [9.17, 15) is 0 Å². The van der Waals surface area contributed by atoms with Gasteiger partial charge in [0.2, 0.25) is 0 Å². The van der Waals surface area contributed by atoms with Crippen LogP contribution in [0.2, 0.25) is 0 Å². The fourth-order valence-electron chi connectivity index (χ4n) is 1.93. The van der Waals surface area contributed by atoms with Gasteiger partial charge < -0.3 is 9.15 Å². The van der Waals surface area contributed by atoms with E-state index in [1.165, 1.54) is 0 Å². The van der Waals surface area contributed by atoms with Gasteiger partial charge in [0, 0.05) is 29.1 Å². The van der Waals surface area contributed by atoms with Gasteiger partial charge in [0.25, 0.3) is 0 Å². The van der Waals surface area contributed by atoms with Gasteiger partial charge >= 0.3 is 0 Å². The van der Waals surface area contributed by atoms with Crippen molar-refractivity contribution in [2.45, 2.75) is 0 Å². The van der Waals surface area contributed by atoms with Crippen LogP contribution in [0.1, 0.15) is 0 Å². The predicted molar refractivity (Wildman–Crippen MR) is 73.9 cm³/mol. The van der Waals surface area contributed by atoms with Crippen LogP contribution < -0.4 is 4.74 Å². The number of ether oxygens (including phenoxy) is 1. The second-order valence-corrected chi connectivity index (χ2v) is 4.17. The van der Waals surface area contributed by atoms with Gasteiger partial charge in [0.1, 0.15) is 11.5 Å². The maximum absolute atomic E-state index is 5.61. The molecule has 0 saturated heterocycles. The molecule has 0 radical (unpaired) electrons. The summed E-state index contributed by atoms with van der Waals surface area (Å²) >= 11 is 0. The molecule has 2 heterocycles. The molecule has 0 aliphatic carbocycles. The van der Waals surface area contributed by atoms with E-state index in [-0.39, 0.29) is 0 Å². The number of aromatic nitrogens is 1. The van der Waals surface area contributed by atoms with Crippen LogP contribution in [0.5, 0.6) is 5.75 Å². The number of benzene rings is 1. The molecule has 3 nitrogen and oxygen atoms in total. The van der Waals surface area contributed by atoms with E-state index < -0.39 is 0 Å². The zero-order valence-electron chi connectivity index (χ0n) is 10.5. The first-order chi connectivity index (χ1) is 9.36. The predicted octanol–water partition coefficient (Wildman–Crippen LogP) is 4.02. The Hall–Kier alpha value is -2.55. The number of pyridine rings is 1. The standard InChI is InChI=1S/C16H13NO2/c1-18-15-6-4-12(5-7-15)16-9-14(11-19-16)13-3-2-8-17-10-13/h2-11H,1H3. The summed E-state index contributed by atoms with van der Waals surface area (Å²) in [6, 6.07) is 13.7. The Bertz CT molecular complexity index is 657. The summed E-state index contributed by atoms with van der Waals surface area (Å²) in [5.41, 5.74) is 3.10. The van der Waals surface area contributed by atoms with Crippen molar-refractivity contribution in [1.82, 2.24) is 4.98 Å². The average Bonchev–Trinajstić information content (AvgIpc) is 2.98. The zero-order chi connectivity index (χ0) is 13.1. The van der Waals surface area contributed by atoms with Crippen molar-refractivity contribution in [2.75, 3.05) is 7.11 Å². The molecule has 0 aliphatic rings. The Morgan fingerprint density at radius 1 is 1.00 bits per heavy atom. The van der Waals surface area contributed by atoms with Gasteiger partial charge in [0.15, 0.2) is 0 Å². The smallest absolute Gasteiger partial charge is 0.134 e. The van der Waals surface area contributed by atoms with Gasteiger partial charge in [-0.1, -0.05) is 6.07 Å². The third kappa shape index (κ3) is 2.36. The quantitative estimate of drug-likeness (QED) is 0.705. The van der Waals surface area contributed by atoms with Gasteiger partial charge in [-0.2, -0.15) is 0 Å². The van der Waals surface area contributed by atoms with Crippen molar-refractivity contribution >= 4 is 0 Å². The number of hydrogen-bond acceptors (Lipinski definition) is 3. The molecule has 2 aromatic heterocycles. The van der Waals surface area contributed by atoms with Crippen LogP contribution >= 0.6 is 0 Å². The lowest BCUT2D eigenvalue weighted by Gasteiger charge is -2.00. The van der Waals surface area contributed by atoms with Gasteiger partial charge in [-0.3, -0.25) is 4.98 Å². The molecule has 0 saturated carbocycles. The summed E-state index contributed by atoms with van der Waals surface area (Å²) in [6.07, 6.45) is 5.33. The lowest BCUT2D eigenvalue weighted by Crippen LogP contribution is -1.81. The molecule has 0 amide bonds. The second-order valence-electron chi connectivity index (χ2n) is 4.17. The van der Waals surface area contributed by atoms with Gasteiger partial charge in [-0.15, -0.1) is 0 Å². The van der Waals surface area contributed by atoms with Crippen molar-refractivity contribution in [3.63, 3.8) is 0 Å². The molecular formula is C16H13NO2. The summed E-state index contributed by atoms with van der Waals surface area (Å²) < 4.78 is 10.8. The molecule has 0 spiro atoms. The molecule has 3 heteroatoms. The van der Waals surface area contributed by atoms with E-state index >= 15 is 0 Å². The minimum absolute atomic E-state index is 0.835. The number of methoxy groups -OCH3 is 1. The van der Waals surface area contributed by atoms with Gasteiger partial charge in [-0.25, -0.2) is 0 Å². The Labute approximate surface area is 111 Å². The first kappa shape index (κ1) is 11.5. The molecule has 3 rings (SSSR count). The van der Waals surface area contributed by atoms with Crippen LogP contribution in [-0.4, -0.2) is 12.1 Å². The Kier molecular flexibility index (Phi) is 3.02. The highest BCUT2D eigenvalue weighted by Crippen LogP contribution is 2.28. The molecule has 0 aliphatic heterocycles. The Balaban J connectivity index is 1.92. The fourth-order valence-corrected chi connectivity index (χ4v) is 1.93. The summed E-state index contributed by atoms with van der Waals surface area (Å²) in [5.74, 6) is 1.67. The van der Waals surface area contributed by atoms with E-state index in [0.717, 1.165) is 28.2 Å². The molecule has 1 aromatic carbocycles. The first-order valence-corrected chi connectivity index (χ1v) is 6.00. The van der Waals surface area contributed by atoms with Crippen molar-refractivity contribution in [3.8, 4) is 28.2 Å². The molecule has 0 atom stereocenters. The molecule has 0 fully saturated rings. The summed E-state index contributed by atoms with van der Waals surface area (Å²) in [7, 11) is 1.66. The minimum atomic E-state index is 0.835. The van der Waals surface area contributed by atoms with Crippen molar-refractivity contribution in [1.29, 1.82) is 0 Å². The van der Waals surface area contributed by atoms with Crippen LogP contribution in [0.4, 0.5) is 0 Å². The van der Waals surface area contributed by atoms with Crippen molar-refractivity contribution in [3.05, 3.63) is 61.1 Å². The normalized spacial score (nSPS) is 10.4. The lowest BCUT2D eigenvalue weighted by atomic mass is 10.1. The molecule has 0 N–H and O–H groups in total. The maximum Gasteiger partial charge on any atom is 0.134 e. The van der Waals surface area contributed by atoms with Crippen LogP contribution in [-0.2, 0) is 0 Å². The van der Waals surface area contributed by atoms with Crippen molar-refractivity contribution < 1.29 is 9.15 Å². The van der Waals surface area contributed by atoms with Crippen LogP contribution in [0.3, 0.4) is 0 Å². The fraction of sp³-hybridized carbons (Fsp3) is 0.0625. The van der Waals surface area contributed by atoms with Crippen LogP contribution in [0.25, 0.3) is 22.5 Å². The number of furan rings is 1. The van der Waals surface area contributed by atoms with E-state index in [2.05, 4.69) is 4.98 Å². The van der Waals surface area contributed by atoms with Crippen LogP contribution in [0.15, 0.2) is 65.5 Å². The number of nitrogens with zero attached hydrogens (tertiary/aromatic N) is 1. The second kappa shape index (κ2) is 4.98. The monoisotopic (exact) mass is 251 g/mol. The first-order valence-electron chi connectivity index (χ1n) is 6.00. The summed E-state index contributed by atoms with van der Waals surface area (Å²) in [6.45, 7) is 0. The zero-order valence-corrected chi connectivity index (χ0v) is 10.5. The molecule has 19 heavy (non-hydrogen) atoms. The third-order valence-corrected chi connectivity index (χ3v) is 2.97. The Morgan fingerprint density at radius 2 is 1.84 bits per heavy atom. The van der Waals surface area contributed by atoms with E-state index in [0.29, 0.717) is 0 Å².